The molecule has 0 spiro atoms. The predicted octanol–water partition coefficient (Wildman–Crippen LogP) is 3.21. The molecular formula is C19H26N4O2. The summed E-state index contributed by atoms with van der Waals surface area (Å²) in [6.45, 7) is 6.23. The van der Waals surface area contributed by atoms with Crippen LogP contribution in [0.5, 0.6) is 0 Å². The average molecular weight is 342 g/mol. The van der Waals surface area contributed by atoms with E-state index in [0.717, 1.165) is 37.3 Å². The molecule has 0 bridgehead atoms. The van der Waals surface area contributed by atoms with Crippen LogP contribution in [0.15, 0.2) is 24.3 Å². The molecule has 1 heterocycles. The van der Waals surface area contributed by atoms with Gasteiger partial charge in [0.2, 0.25) is 0 Å². The molecule has 1 saturated heterocycles. The molecule has 2 fully saturated rings. The number of nitrogens with one attached hydrogen (secondary N) is 1. The molecule has 1 aliphatic carbocycles. The monoisotopic (exact) mass is 342 g/mol. The van der Waals surface area contributed by atoms with Gasteiger partial charge in [0.05, 0.1) is 36.1 Å². The second-order valence-electron chi connectivity index (χ2n) is 6.94. The first-order valence-electron chi connectivity index (χ1n) is 9.02. The molecule has 1 aliphatic heterocycles. The Morgan fingerprint density at radius 2 is 2.00 bits per heavy atom. The molecule has 3 rings (SSSR count). The summed E-state index contributed by atoms with van der Waals surface area (Å²) < 4.78 is 5.81. The third-order valence-electron chi connectivity index (χ3n) is 4.62. The lowest BCUT2D eigenvalue weighted by molar-refractivity contribution is -0.00517. The van der Waals surface area contributed by atoms with E-state index in [9.17, 15) is 4.79 Å². The smallest absolute Gasteiger partial charge is 0.322 e. The van der Waals surface area contributed by atoms with Crippen molar-refractivity contribution in [1.29, 1.82) is 5.26 Å². The minimum absolute atomic E-state index is 0.112. The van der Waals surface area contributed by atoms with Crippen LogP contribution in [0.1, 0.15) is 33.1 Å². The van der Waals surface area contributed by atoms with Crippen LogP contribution in [-0.4, -0.2) is 48.8 Å². The minimum Gasteiger partial charge on any atom is -0.372 e. The first-order chi connectivity index (χ1) is 12.1. The van der Waals surface area contributed by atoms with Gasteiger partial charge in [0.1, 0.15) is 0 Å². The van der Waals surface area contributed by atoms with Crippen LogP contribution in [0, 0.1) is 11.3 Å². The molecule has 1 aromatic rings. The predicted molar refractivity (Wildman–Crippen MR) is 97.6 cm³/mol. The number of hydrogen-bond donors (Lipinski definition) is 1. The fourth-order valence-electron chi connectivity index (χ4n) is 3.42. The summed E-state index contributed by atoms with van der Waals surface area (Å²) in [6, 6.07) is 10.2. The van der Waals surface area contributed by atoms with E-state index in [4.69, 9.17) is 10.00 Å². The van der Waals surface area contributed by atoms with Crippen molar-refractivity contribution < 1.29 is 9.53 Å². The number of para-hydroxylation sites is 2. The summed E-state index contributed by atoms with van der Waals surface area (Å²) in [4.78, 5) is 16.8. The lowest BCUT2D eigenvalue weighted by Crippen LogP contribution is -2.46. The lowest BCUT2D eigenvalue weighted by atomic mass is 10.1. The minimum atomic E-state index is -0.112. The zero-order valence-corrected chi connectivity index (χ0v) is 14.9. The molecule has 6 nitrogen and oxygen atoms in total. The first-order valence-corrected chi connectivity index (χ1v) is 9.02. The van der Waals surface area contributed by atoms with Crippen LogP contribution < -0.4 is 10.2 Å². The Bertz CT molecular complexity index is 643. The number of morpholine rings is 1. The third-order valence-corrected chi connectivity index (χ3v) is 4.62. The first kappa shape index (κ1) is 17.6. The number of benzene rings is 1. The van der Waals surface area contributed by atoms with Crippen molar-refractivity contribution in [3.8, 4) is 6.07 Å². The van der Waals surface area contributed by atoms with Gasteiger partial charge in [-0.3, -0.25) is 0 Å². The Morgan fingerprint density at radius 3 is 2.64 bits per heavy atom. The maximum atomic E-state index is 12.7. The molecular weight excluding hydrogens is 316 g/mol. The molecule has 1 N–H and O–H groups in total. The zero-order chi connectivity index (χ0) is 17.8. The Morgan fingerprint density at radius 1 is 1.32 bits per heavy atom. The average Bonchev–Trinajstić information content (AvgIpc) is 3.40. The van der Waals surface area contributed by atoms with Gasteiger partial charge in [-0.1, -0.05) is 12.1 Å². The van der Waals surface area contributed by atoms with Gasteiger partial charge in [-0.15, -0.1) is 0 Å². The van der Waals surface area contributed by atoms with Crippen molar-refractivity contribution in [2.45, 2.75) is 51.4 Å². The molecule has 25 heavy (non-hydrogen) atoms. The van der Waals surface area contributed by atoms with E-state index in [1.165, 1.54) is 0 Å². The molecule has 1 saturated carbocycles. The number of anilines is 2. The van der Waals surface area contributed by atoms with Gasteiger partial charge >= 0.3 is 6.03 Å². The highest BCUT2D eigenvalue weighted by atomic mass is 16.5. The normalized spacial score (nSPS) is 23.0. The molecule has 2 amide bonds. The summed E-state index contributed by atoms with van der Waals surface area (Å²) in [7, 11) is 0. The van der Waals surface area contributed by atoms with Crippen molar-refractivity contribution in [2.24, 2.45) is 0 Å². The van der Waals surface area contributed by atoms with Crippen LogP contribution >= 0.6 is 0 Å². The number of nitriles is 1. The van der Waals surface area contributed by atoms with Gasteiger partial charge in [0, 0.05) is 25.7 Å². The molecule has 2 aliphatic rings. The van der Waals surface area contributed by atoms with Gasteiger partial charge in [0.25, 0.3) is 0 Å². The van der Waals surface area contributed by atoms with Gasteiger partial charge in [-0.2, -0.15) is 5.26 Å². The van der Waals surface area contributed by atoms with Gasteiger partial charge < -0.3 is 19.9 Å². The standard InChI is InChI=1S/C19H26N4O2/c1-14-12-22(13-15(2)25-14)18-7-4-3-6-17(18)21-19(24)23(11-5-10-20)16-8-9-16/h3-4,6-7,14-16H,5,8-9,11-13H2,1-2H3,(H,21,24)/t14-,15-/m1/s1. The van der Waals surface area contributed by atoms with Crippen LogP contribution in [-0.2, 0) is 4.74 Å². The molecule has 2 atom stereocenters. The van der Waals surface area contributed by atoms with Gasteiger partial charge in [-0.05, 0) is 38.8 Å². The van der Waals surface area contributed by atoms with E-state index in [1.54, 1.807) is 4.90 Å². The maximum Gasteiger partial charge on any atom is 0.322 e. The number of rotatable bonds is 5. The van der Waals surface area contributed by atoms with E-state index in [0.29, 0.717) is 13.0 Å². The van der Waals surface area contributed by atoms with E-state index in [2.05, 4.69) is 30.1 Å². The largest absolute Gasteiger partial charge is 0.372 e. The summed E-state index contributed by atoms with van der Waals surface area (Å²) in [6.07, 6.45) is 2.74. The molecule has 134 valence electrons. The molecule has 0 radical (unpaired) electrons. The number of hydrogen-bond acceptors (Lipinski definition) is 4. The Labute approximate surface area is 149 Å². The van der Waals surface area contributed by atoms with Crippen molar-refractivity contribution in [3.63, 3.8) is 0 Å². The highest BCUT2D eigenvalue weighted by molar-refractivity contribution is 5.93. The maximum absolute atomic E-state index is 12.7. The second kappa shape index (κ2) is 7.75. The fourth-order valence-corrected chi connectivity index (χ4v) is 3.42. The van der Waals surface area contributed by atoms with Gasteiger partial charge in [0.15, 0.2) is 0 Å². The Balaban J connectivity index is 1.74. The highest BCUT2D eigenvalue weighted by Crippen LogP contribution is 2.31. The van der Waals surface area contributed by atoms with Crippen LogP contribution in [0.25, 0.3) is 0 Å². The molecule has 0 aromatic heterocycles. The van der Waals surface area contributed by atoms with E-state index in [-0.39, 0.29) is 24.3 Å². The molecule has 0 unspecified atom stereocenters. The summed E-state index contributed by atoms with van der Waals surface area (Å²) in [5, 5.41) is 11.9. The topological polar surface area (TPSA) is 68.6 Å². The molecule has 6 heteroatoms. The molecule has 1 aromatic carbocycles. The van der Waals surface area contributed by atoms with E-state index in [1.807, 2.05) is 24.3 Å². The van der Waals surface area contributed by atoms with Crippen LogP contribution in [0.3, 0.4) is 0 Å². The van der Waals surface area contributed by atoms with Crippen LogP contribution in [0.2, 0.25) is 0 Å². The zero-order valence-electron chi connectivity index (χ0n) is 14.9. The van der Waals surface area contributed by atoms with E-state index >= 15 is 0 Å². The number of nitrogens with zero attached hydrogens (tertiary/aromatic N) is 3. The van der Waals surface area contributed by atoms with Crippen molar-refractivity contribution in [2.75, 3.05) is 29.9 Å². The van der Waals surface area contributed by atoms with Gasteiger partial charge in [-0.25, -0.2) is 4.79 Å². The number of carbonyl (C=O) groups excluding carboxylic acids is 1. The van der Waals surface area contributed by atoms with Crippen molar-refractivity contribution in [3.05, 3.63) is 24.3 Å². The Kier molecular flexibility index (Phi) is 5.44. The Hall–Kier alpha value is -2.26. The fraction of sp³-hybridized carbons (Fsp3) is 0.579. The SMILES string of the molecule is C[C@@H]1CN(c2ccccc2NC(=O)N(CCC#N)C2CC2)C[C@@H](C)O1. The van der Waals surface area contributed by atoms with Crippen LogP contribution in [0.4, 0.5) is 16.2 Å². The highest BCUT2D eigenvalue weighted by Gasteiger charge is 2.33. The van der Waals surface area contributed by atoms with Crippen molar-refractivity contribution >= 4 is 17.4 Å². The summed E-state index contributed by atoms with van der Waals surface area (Å²) in [5.41, 5.74) is 1.84. The summed E-state index contributed by atoms with van der Waals surface area (Å²) in [5.74, 6) is 0. The number of urea groups is 1. The number of ether oxygens (including phenoxy) is 1. The third kappa shape index (κ3) is 4.43. The van der Waals surface area contributed by atoms with Crippen molar-refractivity contribution in [1.82, 2.24) is 4.90 Å². The lowest BCUT2D eigenvalue weighted by Gasteiger charge is -2.37. The quantitative estimate of drug-likeness (QED) is 0.892. The second-order valence-corrected chi connectivity index (χ2v) is 6.94. The number of amides is 2. The number of carbonyl (C=O) groups is 1. The summed E-state index contributed by atoms with van der Waals surface area (Å²) >= 11 is 0. The van der Waals surface area contributed by atoms with E-state index < -0.39 is 0 Å².